The van der Waals surface area contributed by atoms with Crippen LogP contribution in [0.2, 0.25) is 0 Å². The number of benzene rings is 1. The summed E-state index contributed by atoms with van der Waals surface area (Å²) in [4.78, 5) is 11.3. The summed E-state index contributed by atoms with van der Waals surface area (Å²) < 4.78 is 21.1. The van der Waals surface area contributed by atoms with E-state index in [0.717, 1.165) is 11.3 Å². The lowest BCUT2D eigenvalue weighted by Gasteiger charge is -2.23. The molecule has 1 aliphatic rings. The quantitative estimate of drug-likeness (QED) is 0.771. The van der Waals surface area contributed by atoms with Gasteiger partial charge in [-0.05, 0) is 24.1 Å². The third-order valence-electron chi connectivity index (χ3n) is 3.18. The van der Waals surface area contributed by atoms with E-state index in [9.17, 15) is 4.79 Å². The fraction of sp³-hybridized carbons (Fsp3) is 0.533. The number of carbonyl (C=O) groups is 1. The smallest absolute Gasteiger partial charge is 0.322 e. The third-order valence-corrected chi connectivity index (χ3v) is 3.18. The normalized spacial score (nSPS) is 19.8. The van der Waals surface area contributed by atoms with Crippen LogP contribution in [0.3, 0.4) is 0 Å². The Morgan fingerprint density at radius 2 is 2.33 bits per heavy atom. The molecule has 1 aliphatic heterocycles. The molecule has 6 nitrogen and oxygen atoms in total. The first-order valence-electron chi connectivity index (χ1n) is 6.93. The Labute approximate surface area is 124 Å². The van der Waals surface area contributed by atoms with Crippen LogP contribution in [-0.2, 0) is 25.4 Å². The molecule has 0 unspecified atom stereocenters. The fourth-order valence-corrected chi connectivity index (χ4v) is 2.07. The summed E-state index contributed by atoms with van der Waals surface area (Å²) in [6, 6.07) is 6.83. The standard InChI is InChI=1S/C15H21NO5/c1-18-15(17)14(16)8-11-3-2-4-12(7-11)21-10-13-9-19-5-6-20-13/h2-4,7,13-14H,5-6,8-10,16H2,1H3/t13-,14+/m1/s1. The van der Waals surface area contributed by atoms with E-state index in [1.165, 1.54) is 7.11 Å². The molecule has 1 saturated heterocycles. The zero-order valence-electron chi connectivity index (χ0n) is 12.1. The van der Waals surface area contributed by atoms with Gasteiger partial charge in [0.05, 0.1) is 26.9 Å². The van der Waals surface area contributed by atoms with Crippen molar-refractivity contribution in [3.05, 3.63) is 29.8 Å². The number of esters is 1. The Morgan fingerprint density at radius 3 is 3.05 bits per heavy atom. The third kappa shape index (κ3) is 5.00. The highest BCUT2D eigenvalue weighted by atomic mass is 16.6. The minimum atomic E-state index is -0.666. The second-order valence-electron chi connectivity index (χ2n) is 4.86. The molecule has 116 valence electrons. The minimum absolute atomic E-state index is 0.0419. The number of carbonyl (C=O) groups excluding carboxylic acids is 1. The Bertz CT molecular complexity index is 459. The molecule has 0 spiro atoms. The van der Waals surface area contributed by atoms with Crippen molar-refractivity contribution in [2.24, 2.45) is 5.73 Å². The van der Waals surface area contributed by atoms with Crippen LogP contribution in [0.5, 0.6) is 5.75 Å². The number of hydrogen-bond donors (Lipinski definition) is 1. The summed E-state index contributed by atoms with van der Waals surface area (Å²) in [6.45, 7) is 2.22. The van der Waals surface area contributed by atoms with Gasteiger partial charge in [0.1, 0.15) is 24.5 Å². The molecule has 0 bridgehead atoms. The first-order chi connectivity index (χ1) is 10.2. The minimum Gasteiger partial charge on any atom is -0.491 e. The molecule has 1 aromatic rings. The molecule has 0 radical (unpaired) electrons. The van der Waals surface area contributed by atoms with Crippen LogP contribution >= 0.6 is 0 Å². The number of hydrogen-bond acceptors (Lipinski definition) is 6. The van der Waals surface area contributed by atoms with Gasteiger partial charge in [-0.1, -0.05) is 12.1 Å². The summed E-state index contributed by atoms with van der Waals surface area (Å²) in [5.41, 5.74) is 6.67. The molecule has 2 N–H and O–H groups in total. The van der Waals surface area contributed by atoms with Crippen LogP contribution in [0.1, 0.15) is 5.56 Å². The van der Waals surface area contributed by atoms with E-state index in [1.54, 1.807) is 0 Å². The van der Waals surface area contributed by atoms with E-state index in [-0.39, 0.29) is 6.10 Å². The maximum Gasteiger partial charge on any atom is 0.322 e. The average Bonchev–Trinajstić information content (AvgIpc) is 2.53. The SMILES string of the molecule is COC(=O)[C@@H](N)Cc1cccc(OC[C@H]2COCCO2)c1. The first kappa shape index (κ1) is 15.8. The van der Waals surface area contributed by atoms with Crippen molar-refractivity contribution in [3.8, 4) is 5.75 Å². The number of rotatable bonds is 6. The lowest BCUT2D eigenvalue weighted by Crippen LogP contribution is -2.34. The predicted molar refractivity (Wildman–Crippen MR) is 76.2 cm³/mol. The molecule has 0 aliphatic carbocycles. The topological polar surface area (TPSA) is 80.0 Å². The molecule has 2 atom stereocenters. The highest BCUT2D eigenvalue weighted by Crippen LogP contribution is 2.16. The van der Waals surface area contributed by atoms with Crippen LogP contribution in [0.25, 0.3) is 0 Å². The van der Waals surface area contributed by atoms with Crippen LogP contribution in [0.15, 0.2) is 24.3 Å². The molecule has 0 amide bonds. The highest BCUT2D eigenvalue weighted by molar-refractivity contribution is 5.75. The number of methoxy groups -OCH3 is 1. The molecule has 21 heavy (non-hydrogen) atoms. The van der Waals surface area contributed by atoms with E-state index >= 15 is 0 Å². The molecular formula is C15H21NO5. The Morgan fingerprint density at radius 1 is 1.48 bits per heavy atom. The number of ether oxygens (including phenoxy) is 4. The largest absolute Gasteiger partial charge is 0.491 e. The van der Waals surface area contributed by atoms with Gasteiger partial charge in [-0.15, -0.1) is 0 Å². The van der Waals surface area contributed by atoms with Gasteiger partial charge in [-0.2, -0.15) is 0 Å². The summed E-state index contributed by atoms with van der Waals surface area (Å²) in [5.74, 6) is 0.299. The summed E-state index contributed by atoms with van der Waals surface area (Å²) in [7, 11) is 1.33. The highest BCUT2D eigenvalue weighted by Gasteiger charge is 2.16. The van der Waals surface area contributed by atoms with Crippen molar-refractivity contribution in [2.75, 3.05) is 33.5 Å². The van der Waals surface area contributed by atoms with Crippen molar-refractivity contribution in [1.29, 1.82) is 0 Å². The Kier molecular flexibility index (Phi) is 5.98. The van der Waals surface area contributed by atoms with E-state index in [2.05, 4.69) is 4.74 Å². The lowest BCUT2D eigenvalue weighted by atomic mass is 10.1. The average molecular weight is 295 g/mol. The Hall–Kier alpha value is -1.63. The van der Waals surface area contributed by atoms with E-state index in [1.807, 2.05) is 24.3 Å². The van der Waals surface area contributed by atoms with E-state index in [0.29, 0.717) is 32.8 Å². The lowest BCUT2D eigenvalue weighted by molar-refractivity contribution is -0.142. The van der Waals surface area contributed by atoms with Crippen molar-refractivity contribution >= 4 is 5.97 Å². The van der Waals surface area contributed by atoms with Gasteiger partial charge in [0.2, 0.25) is 0 Å². The second-order valence-corrected chi connectivity index (χ2v) is 4.86. The molecular weight excluding hydrogens is 274 g/mol. The summed E-state index contributed by atoms with van der Waals surface area (Å²) in [6.07, 6.45) is 0.368. The van der Waals surface area contributed by atoms with Crippen LogP contribution in [0, 0.1) is 0 Å². The van der Waals surface area contributed by atoms with Crippen molar-refractivity contribution < 1.29 is 23.7 Å². The van der Waals surface area contributed by atoms with Crippen molar-refractivity contribution in [3.63, 3.8) is 0 Å². The predicted octanol–water partition coefficient (Wildman–Crippen LogP) is 0.524. The fourth-order valence-electron chi connectivity index (χ4n) is 2.07. The van der Waals surface area contributed by atoms with Crippen LogP contribution < -0.4 is 10.5 Å². The molecule has 0 saturated carbocycles. The van der Waals surface area contributed by atoms with E-state index in [4.69, 9.17) is 19.9 Å². The molecule has 1 fully saturated rings. The van der Waals surface area contributed by atoms with Crippen LogP contribution in [0.4, 0.5) is 0 Å². The molecule has 1 heterocycles. The maximum absolute atomic E-state index is 11.3. The zero-order valence-corrected chi connectivity index (χ0v) is 12.1. The Balaban J connectivity index is 1.86. The van der Waals surface area contributed by atoms with Gasteiger partial charge < -0.3 is 24.7 Å². The molecule has 1 aromatic carbocycles. The molecule has 0 aromatic heterocycles. The van der Waals surface area contributed by atoms with Gasteiger partial charge in [0.15, 0.2) is 0 Å². The summed E-state index contributed by atoms with van der Waals surface area (Å²) >= 11 is 0. The van der Waals surface area contributed by atoms with Gasteiger partial charge in [-0.3, -0.25) is 4.79 Å². The molecule has 2 rings (SSSR count). The van der Waals surface area contributed by atoms with Crippen molar-refractivity contribution in [2.45, 2.75) is 18.6 Å². The van der Waals surface area contributed by atoms with Gasteiger partial charge in [-0.25, -0.2) is 0 Å². The first-order valence-corrected chi connectivity index (χ1v) is 6.93. The number of nitrogens with two attached hydrogens (primary N) is 1. The summed E-state index contributed by atoms with van der Waals surface area (Å²) in [5, 5.41) is 0. The van der Waals surface area contributed by atoms with Crippen LogP contribution in [-0.4, -0.2) is 51.7 Å². The second kappa shape index (κ2) is 7.97. The molecule has 6 heteroatoms. The zero-order chi connectivity index (χ0) is 15.1. The van der Waals surface area contributed by atoms with Crippen molar-refractivity contribution in [1.82, 2.24) is 0 Å². The van der Waals surface area contributed by atoms with Gasteiger partial charge >= 0.3 is 5.97 Å². The van der Waals surface area contributed by atoms with Gasteiger partial charge in [0, 0.05) is 0 Å². The maximum atomic E-state index is 11.3. The monoisotopic (exact) mass is 295 g/mol. The van der Waals surface area contributed by atoms with E-state index < -0.39 is 12.0 Å². The van der Waals surface area contributed by atoms with Gasteiger partial charge in [0.25, 0.3) is 0 Å².